The number of alkyl carbamates (subject to hydrolysis) is 1. The number of rotatable bonds is 4. The minimum Gasteiger partial charge on any atom is -0.461 e. The van der Waals surface area contributed by atoms with Crippen LogP contribution >= 0.6 is 0 Å². The van der Waals surface area contributed by atoms with Crippen LogP contribution in [0.15, 0.2) is 10.7 Å². The van der Waals surface area contributed by atoms with Crippen LogP contribution in [-0.4, -0.2) is 48.4 Å². The van der Waals surface area contributed by atoms with Gasteiger partial charge in [0.25, 0.3) is 6.01 Å². The molecule has 1 aromatic rings. The maximum absolute atomic E-state index is 11.8. The quantitative estimate of drug-likeness (QED) is 0.846. The van der Waals surface area contributed by atoms with E-state index in [2.05, 4.69) is 10.3 Å². The van der Waals surface area contributed by atoms with Gasteiger partial charge in [0.05, 0.1) is 12.6 Å². The molecule has 23 heavy (non-hydrogen) atoms. The van der Waals surface area contributed by atoms with E-state index in [1.807, 2.05) is 25.7 Å². The fraction of sp³-hybridized carbons (Fsp3) is 0.667. The largest absolute Gasteiger partial charge is 0.461 e. The molecule has 128 valence electrons. The molecule has 1 aromatic heterocycles. The third-order valence-corrected chi connectivity index (χ3v) is 3.16. The minimum absolute atomic E-state index is 0.0530. The van der Waals surface area contributed by atoms with Crippen molar-refractivity contribution in [3.63, 3.8) is 0 Å². The number of aromatic nitrogens is 1. The molecule has 0 radical (unpaired) electrons. The zero-order valence-electron chi connectivity index (χ0n) is 13.9. The van der Waals surface area contributed by atoms with E-state index in [9.17, 15) is 9.59 Å². The zero-order chi connectivity index (χ0) is 17.0. The summed E-state index contributed by atoms with van der Waals surface area (Å²) < 4.78 is 15.4. The molecule has 8 heteroatoms. The van der Waals surface area contributed by atoms with Crippen molar-refractivity contribution < 1.29 is 23.5 Å². The standard InChI is InChI=1S/C15H23N3O5/c1-5-21-12(19)11-9-22-13(17-11)18-7-6-10(8-18)16-14(20)23-15(2,3)4/h9-10H,5-8H2,1-4H3,(H,16,20)/t10-/m0/s1. The number of ether oxygens (including phenoxy) is 2. The fourth-order valence-corrected chi connectivity index (χ4v) is 2.23. The van der Waals surface area contributed by atoms with Crippen LogP contribution in [0.1, 0.15) is 44.6 Å². The van der Waals surface area contributed by atoms with E-state index in [-0.39, 0.29) is 18.3 Å². The Hall–Kier alpha value is -2.25. The van der Waals surface area contributed by atoms with Gasteiger partial charge in [-0.25, -0.2) is 9.59 Å². The van der Waals surface area contributed by atoms with Gasteiger partial charge in [0.1, 0.15) is 11.9 Å². The first-order valence-electron chi connectivity index (χ1n) is 7.65. The number of carbonyl (C=O) groups excluding carboxylic acids is 2. The smallest absolute Gasteiger partial charge is 0.407 e. The summed E-state index contributed by atoms with van der Waals surface area (Å²) in [4.78, 5) is 29.3. The number of oxazole rings is 1. The summed E-state index contributed by atoms with van der Waals surface area (Å²) in [6.07, 6.45) is 1.59. The molecule has 0 bridgehead atoms. The Kier molecular flexibility index (Phi) is 5.12. The molecule has 0 aliphatic carbocycles. The van der Waals surface area contributed by atoms with Gasteiger partial charge in [0.2, 0.25) is 0 Å². The molecule has 2 rings (SSSR count). The van der Waals surface area contributed by atoms with Crippen LogP contribution in [0.25, 0.3) is 0 Å². The number of nitrogens with zero attached hydrogens (tertiary/aromatic N) is 2. The molecule has 1 aliphatic heterocycles. The van der Waals surface area contributed by atoms with Gasteiger partial charge in [0.15, 0.2) is 5.69 Å². The molecule has 1 fully saturated rings. The van der Waals surface area contributed by atoms with Crippen molar-refractivity contribution in [1.29, 1.82) is 0 Å². The highest BCUT2D eigenvalue weighted by molar-refractivity contribution is 5.87. The average Bonchev–Trinajstić information content (AvgIpc) is 3.04. The molecule has 8 nitrogen and oxygen atoms in total. The second-order valence-corrected chi connectivity index (χ2v) is 6.31. The minimum atomic E-state index is -0.528. The van der Waals surface area contributed by atoms with Crippen LogP contribution in [0.3, 0.4) is 0 Å². The summed E-state index contributed by atoms with van der Waals surface area (Å²) >= 11 is 0. The lowest BCUT2D eigenvalue weighted by Crippen LogP contribution is -2.40. The van der Waals surface area contributed by atoms with Crippen molar-refractivity contribution in [3.05, 3.63) is 12.0 Å². The first-order valence-corrected chi connectivity index (χ1v) is 7.65. The molecule has 0 saturated carbocycles. The van der Waals surface area contributed by atoms with Gasteiger partial charge in [-0.05, 0) is 34.1 Å². The summed E-state index contributed by atoms with van der Waals surface area (Å²) in [5.41, 5.74) is -0.384. The van der Waals surface area contributed by atoms with Gasteiger partial charge >= 0.3 is 12.1 Å². The third kappa shape index (κ3) is 4.87. The van der Waals surface area contributed by atoms with Crippen LogP contribution in [0.5, 0.6) is 0 Å². The third-order valence-electron chi connectivity index (χ3n) is 3.16. The second kappa shape index (κ2) is 6.89. The van der Waals surface area contributed by atoms with E-state index in [1.54, 1.807) is 6.92 Å². The van der Waals surface area contributed by atoms with Gasteiger partial charge in [-0.1, -0.05) is 0 Å². The van der Waals surface area contributed by atoms with Crippen LogP contribution in [-0.2, 0) is 9.47 Å². The maximum atomic E-state index is 11.8. The van der Waals surface area contributed by atoms with Crippen LogP contribution in [0.2, 0.25) is 0 Å². The normalized spacial score (nSPS) is 17.9. The number of nitrogens with one attached hydrogen (secondary N) is 1. The highest BCUT2D eigenvalue weighted by Gasteiger charge is 2.29. The molecule has 1 saturated heterocycles. The zero-order valence-corrected chi connectivity index (χ0v) is 13.9. The summed E-state index contributed by atoms with van der Waals surface area (Å²) in [7, 11) is 0. The van der Waals surface area contributed by atoms with Crippen LogP contribution in [0.4, 0.5) is 10.8 Å². The topological polar surface area (TPSA) is 93.9 Å². The monoisotopic (exact) mass is 325 g/mol. The number of hydrogen-bond donors (Lipinski definition) is 1. The maximum Gasteiger partial charge on any atom is 0.407 e. The highest BCUT2D eigenvalue weighted by atomic mass is 16.6. The first-order chi connectivity index (χ1) is 10.8. The average molecular weight is 325 g/mol. The van der Waals surface area contributed by atoms with Crippen molar-refractivity contribution in [3.8, 4) is 0 Å². The Balaban J connectivity index is 1.88. The SMILES string of the molecule is CCOC(=O)c1coc(N2CC[C@H](NC(=O)OC(C)(C)C)C2)n1. The Bertz CT molecular complexity index is 564. The molecule has 0 unspecified atom stereocenters. The lowest BCUT2D eigenvalue weighted by atomic mass is 10.2. The molecule has 1 N–H and O–H groups in total. The number of amides is 1. The molecular formula is C15H23N3O5. The summed E-state index contributed by atoms with van der Waals surface area (Å²) in [6.45, 7) is 8.68. The number of hydrogen-bond acceptors (Lipinski definition) is 7. The summed E-state index contributed by atoms with van der Waals surface area (Å²) in [5.74, 6) is -0.509. The van der Waals surface area contributed by atoms with E-state index in [4.69, 9.17) is 13.9 Å². The van der Waals surface area contributed by atoms with Crippen molar-refractivity contribution in [1.82, 2.24) is 10.3 Å². The van der Waals surface area contributed by atoms with Crippen LogP contribution < -0.4 is 10.2 Å². The van der Waals surface area contributed by atoms with Gasteiger partial charge in [-0.3, -0.25) is 0 Å². The van der Waals surface area contributed by atoms with E-state index in [0.29, 0.717) is 19.1 Å². The molecule has 2 heterocycles. The predicted molar refractivity (Wildman–Crippen MR) is 82.4 cm³/mol. The number of carbonyl (C=O) groups is 2. The van der Waals surface area contributed by atoms with E-state index < -0.39 is 17.7 Å². The number of esters is 1. The molecule has 0 aromatic carbocycles. The number of anilines is 1. The summed E-state index contributed by atoms with van der Waals surface area (Å²) in [6, 6.07) is 0.296. The molecule has 1 amide bonds. The van der Waals surface area contributed by atoms with Crippen LogP contribution in [0, 0.1) is 0 Å². The van der Waals surface area contributed by atoms with Gasteiger partial charge < -0.3 is 24.1 Å². The highest BCUT2D eigenvalue weighted by Crippen LogP contribution is 2.20. The van der Waals surface area contributed by atoms with Crippen molar-refractivity contribution in [2.45, 2.75) is 45.8 Å². The Morgan fingerprint density at radius 2 is 2.22 bits per heavy atom. The fourth-order valence-electron chi connectivity index (χ4n) is 2.23. The molecule has 1 aliphatic rings. The molecule has 1 atom stereocenters. The van der Waals surface area contributed by atoms with Gasteiger partial charge in [-0.2, -0.15) is 4.98 Å². The van der Waals surface area contributed by atoms with Crippen molar-refractivity contribution in [2.75, 3.05) is 24.6 Å². The predicted octanol–water partition coefficient (Wildman–Crippen LogP) is 1.95. The summed E-state index contributed by atoms with van der Waals surface area (Å²) in [5, 5.41) is 2.82. The lowest BCUT2D eigenvalue weighted by molar-refractivity contribution is 0.0502. The Morgan fingerprint density at radius 3 is 2.87 bits per heavy atom. The molecular weight excluding hydrogens is 302 g/mol. The van der Waals surface area contributed by atoms with Crippen molar-refractivity contribution >= 4 is 18.1 Å². The first kappa shape index (κ1) is 17.1. The molecule has 0 spiro atoms. The van der Waals surface area contributed by atoms with E-state index >= 15 is 0 Å². The van der Waals surface area contributed by atoms with Crippen molar-refractivity contribution in [2.24, 2.45) is 0 Å². The van der Waals surface area contributed by atoms with Gasteiger partial charge in [0, 0.05) is 13.1 Å². The Labute approximate surface area is 135 Å². The van der Waals surface area contributed by atoms with E-state index in [0.717, 1.165) is 6.42 Å². The van der Waals surface area contributed by atoms with E-state index in [1.165, 1.54) is 6.26 Å². The Morgan fingerprint density at radius 1 is 1.48 bits per heavy atom. The second-order valence-electron chi connectivity index (χ2n) is 6.31. The van der Waals surface area contributed by atoms with Gasteiger partial charge in [-0.15, -0.1) is 0 Å². The lowest BCUT2D eigenvalue weighted by Gasteiger charge is -2.21.